The standard InChI is InChI=1S/C18H29NO/c1-4-9-19-14-18(7-10-20-11-8-18)13-17-6-5-15(2)16(3)12-17/h5-6,12,19H,4,7-11,13-14H2,1-3H3. The third-order valence-electron chi connectivity index (χ3n) is 4.63. The van der Waals surface area contributed by atoms with Crippen molar-refractivity contribution < 1.29 is 4.74 Å². The van der Waals surface area contributed by atoms with E-state index in [4.69, 9.17) is 4.74 Å². The Bertz CT molecular complexity index is 421. The molecule has 20 heavy (non-hydrogen) atoms. The van der Waals surface area contributed by atoms with Gasteiger partial charge in [-0.3, -0.25) is 0 Å². The minimum atomic E-state index is 0.384. The lowest BCUT2D eigenvalue weighted by Crippen LogP contribution is -2.41. The summed E-state index contributed by atoms with van der Waals surface area (Å²) in [7, 11) is 0. The first kappa shape index (κ1) is 15.5. The fraction of sp³-hybridized carbons (Fsp3) is 0.667. The molecule has 0 bridgehead atoms. The van der Waals surface area contributed by atoms with E-state index in [-0.39, 0.29) is 0 Å². The largest absolute Gasteiger partial charge is 0.381 e. The Kier molecular flexibility index (Phi) is 5.62. The van der Waals surface area contributed by atoms with Crippen LogP contribution in [0, 0.1) is 19.3 Å². The molecule has 1 aromatic rings. The summed E-state index contributed by atoms with van der Waals surface area (Å²) >= 11 is 0. The molecule has 0 unspecified atom stereocenters. The average molecular weight is 275 g/mol. The smallest absolute Gasteiger partial charge is 0.0471 e. The van der Waals surface area contributed by atoms with Crippen LogP contribution in [0.25, 0.3) is 0 Å². The number of hydrogen-bond donors (Lipinski definition) is 1. The zero-order valence-electron chi connectivity index (χ0n) is 13.3. The van der Waals surface area contributed by atoms with E-state index in [2.05, 4.69) is 44.3 Å². The Morgan fingerprint density at radius 2 is 1.90 bits per heavy atom. The van der Waals surface area contributed by atoms with Gasteiger partial charge in [-0.2, -0.15) is 0 Å². The van der Waals surface area contributed by atoms with Crippen LogP contribution in [-0.2, 0) is 11.2 Å². The number of nitrogens with one attached hydrogen (secondary N) is 1. The second-order valence-corrected chi connectivity index (χ2v) is 6.38. The SMILES string of the molecule is CCCNCC1(Cc2ccc(C)c(C)c2)CCOCC1. The van der Waals surface area contributed by atoms with Crippen LogP contribution in [0.1, 0.15) is 42.9 Å². The third-order valence-corrected chi connectivity index (χ3v) is 4.63. The Labute approximate surface area is 123 Å². The van der Waals surface area contributed by atoms with E-state index in [1.165, 1.54) is 42.4 Å². The molecule has 2 nitrogen and oxygen atoms in total. The Morgan fingerprint density at radius 1 is 1.15 bits per heavy atom. The van der Waals surface area contributed by atoms with Gasteiger partial charge in [0.15, 0.2) is 0 Å². The summed E-state index contributed by atoms with van der Waals surface area (Å²) in [5, 5.41) is 3.64. The highest BCUT2D eigenvalue weighted by molar-refractivity contribution is 5.30. The van der Waals surface area contributed by atoms with Crippen LogP contribution in [0.2, 0.25) is 0 Å². The van der Waals surface area contributed by atoms with Gasteiger partial charge in [-0.1, -0.05) is 25.1 Å². The molecule has 1 heterocycles. The molecule has 0 saturated carbocycles. The number of rotatable bonds is 6. The monoisotopic (exact) mass is 275 g/mol. The molecule has 1 fully saturated rings. The first-order valence-electron chi connectivity index (χ1n) is 8.00. The van der Waals surface area contributed by atoms with Gasteiger partial charge in [0.2, 0.25) is 0 Å². The zero-order valence-corrected chi connectivity index (χ0v) is 13.3. The van der Waals surface area contributed by atoms with E-state index in [0.29, 0.717) is 5.41 Å². The van der Waals surface area contributed by atoms with Crippen molar-refractivity contribution in [2.45, 2.75) is 46.5 Å². The fourth-order valence-corrected chi connectivity index (χ4v) is 3.10. The molecule has 1 aromatic carbocycles. The van der Waals surface area contributed by atoms with Gasteiger partial charge in [0.05, 0.1) is 0 Å². The van der Waals surface area contributed by atoms with E-state index in [9.17, 15) is 0 Å². The first-order valence-corrected chi connectivity index (χ1v) is 8.00. The van der Waals surface area contributed by atoms with Crippen molar-refractivity contribution in [2.75, 3.05) is 26.3 Å². The van der Waals surface area contributed by atoms with E-state index >= 15 is 0 Å². The van der Waals surface area contributed by atoms with E-state index in [1.807, 2.05) is 0 Å². The Morgan fingerprint density at radius 3 is 2.55 bits per heavy atom. The average Bonchev–Trinajstić information content (AvgIpc) is 2.44. The lowest BCUT2D eigenvalue weighted by atomic mass is 9.75. The summed E-state index contributed by atoms with van der Waals surface area (Å²) in [6, 6.07) is 6.93. The molecule has 0 atom stereocenters. The number of ether oxygens (including phenoxy) is 1. The van der Waals surface area contributed by atoms with Crippen molar-refractivity contribution in [2.24, 2.45) is 5.41 Å². The summed E-state index contributed by atoms with van der Waals surface area (Å²) in [6.07, 6.45) is 4.73. The zero-order chi connectivity index (χ0) is 14.4. The maximum Gasteiger partial charge on any atom is 0.0471 e. The fourth-order valence-electron chi connectivity index (χ4n) is 3.10. The summed E-state index contributed by atoms with van der Waals surface area (Å²) < 4.78 is 5.58. The third kappa shape index (κ3) is 4.07. The van der Waals surface area contributed by atoms with Gasteiger partial charge < -0.3 is 10.1 Å². The van der Waals surface area contributed by atoms with Gasteiger partial charge in [0, 0.05) is 19.8 Å². The van der Waals surface area contributed by atoms with Crippen molar-refractivity contribution in [1.82, 2.24) is 5.32 Å². The normalized spacial score (nSPS) is 18.1. The molecule has 1 aliphatic heterocycles. The molecule has 1 saturated heterocycles. The summed E-state index contributed by atoms with van der Waals surface area (Å²) in [4.78, 5) is 0. The van der Waals surface area contributed by atoms with Crippen molar-refractivity contribution in [3.63, 3.8) is 0 Å². The maximum absolute atomic E-state index is 5.58. The van der Waals surface area contributed by atoms with Crippen LogP contribution < -0.4 is 5.32 Å². The molecule has 2 heteroatoms. The van der Waals surface area contributed by atoms with E-state index < -0.39 is 0 Å². The van der Waals surface area contributed by atoms with E-state index in [1.54, 1.807) is 0 Å². The van der Waals surface area contributed by atoms with Crippen LogP contribution in [-0.4, -0.2) is 26.3 Å². The summed E-state index contributed by atoms with van der Waals surface area (Å²) in [5.74, 6) is 0. The highest BCUT2D eigenvalue weighted by Gasteiger charge is 2.32. The lowest BCUT2D eigenvalue weighted by molar-refractivity contribution is 0.0150. The predicted octanol–water partition coefficient (Wildman–Crippen LogP) is 3.64. The van der Waals surface area contributed by atoms with E-state index in [0.717, 1.165) is 26.3 Å². The van der Waals surface area contributed by atoms with Gasteiger partial charge in [0.25, 0.3) is 0 Å². The van der Waals surface area contributed by atoms with Gasteiger partial charge in [-0.15, -0.1) is 0 Å². The van der Waals surface area contributed by atoms with Crippen molar-refractivity contribution in [3.8, 4) is 0 Å². The van der Waals surface area contributed by atoms with Crippen molar-refractivity contribution in [1.29, 1.82) is 0 Å². The molecule has 0 radical (unpaired) electrons. The second-order valence-electron chi connectivity index (χ2n) is 6.38. The van der Waals surface area contributed by atoms with Crippen LogP contribution in [0.4, 0.5) is 0 Å². The first-order chi connectivity index (χ1) is 9.65. The van der Waals surface area contributed by atoms with Gasteiger partial charge >= 0.3 is 0 Å². The molecule has 0 aliphatic carbocycles. The molecular weight excluding hydrogens is 246 g/mol. The van der Waals surface area contributed by atoms with Crippen LogP contribution in [0.5, 0.6) is 0 Å². The molecule has 1 aliphatic rings. The minimum Gasteiger partial charge on any atom is -0.381 e. The van der Waals surface area contributed by atoms with Crippen LogP contribution in [0.3, 0.4) is 0 Å². The number of hydrogen-bond acceptors (Lipinski definition) is 2. The van der Waals surface area contributed by atoms with Crippen molar-refractivity contribution >= 4 is 0 Å². The predicted molar refractivity (Wildman–Crippen MR) is 85.3 cm³/mol. The van der Waals surface area contributed by atoms with Crippen LogP contribution >= 0.6 is 0 Å². The molecule has 0 spiro atoms. The summed E-state index contributed by atoms with van der Waals surface area (Å²) in [5.41, 5.74) is 4.66. The molecular formula is C18H29NO. The number of benzene rings is 1. The van der Waals surface area contributed by atoms with Gasteiger partial charge in [-0.25, -0.2) is 0 Å². The molecule has 0 amide bonds. The highest BCUT2D eigenvalue weighted by atomic mass is 16.5. The Hall–Kier alpha value is -0.860. The van der Waals surface area contributed by atoms with Gasteiger partial charge in [-0.05, 0) is 68.2 Å². The molecule has 2 rings (SSSR count). The lowest BCUT2D eigenvalue weighted by Gasteiger charge is -2.38. The molecule has 1 N–H and O–H groups in total. The topological polar surface area (TPSA) is 21.3 Å². The Balaban J connectivity index is 2.07. The highest BCUT2D eigenvalue weighted by Crippen LogP contribution is 2.34. The quantitative estimate of drug-likeness (QED) is 0.800. The molecule has 0 aromatic heterocycles. The van der Waals surface area contributed by atoms with Crippen molar-refractivity contribution in [3.05, 3.63) is 34.9 Å². The molecule has 112 valence electrons. The summed E-state index contributed by atoms with van der Waals surface area (Å²) in [6.45, 7) is 10.7. The number of aryl methyl sites for hydroxylation is 2. The maximum atomic E-state index is 5.58. The second kappa shape index (κ2) is 7.24. The van der Waals surface area contributed by atoms with Gasteiger partial charge in [0.1, 0.15) is 0 Å². The minimum absolute atomic E-state index is 0.384. The van der Waals surface area contributed by atoms with Crippen LogP contribution in [0.15, 0.2) is 18.2 Å².